The molecule has 0 aliphatic heterocycles. The fraction of sp³-hybridized carbons (Fsp3) is 0.250. The molecule has 142 valence electrons. The summed E-state index contributed by atoms with van der Waals surface area (Å²) in [5.41, 5.74) is 2.83. The minimum Gasteiger partial charge on any atom is -0.456 e. The van der Waals surface area contributed by atoms with Gasteiger partial charge in [0.25, 0.3) is 11.8 Å². The van der Waals surface area contributed by atoms with Gasteiger partial charge in [-0.15, -0.1) is 0 Å². The molecule has 0 saturated carbocycles. The molecular weight excluding hydrogens is 368 g/mol. The van der Waals surface area contributed by atoms with Crippen LogP contribution in [0.5, 0.6) is 0 Å². The van der Waals surface area contributed by atoms with Crippen molar-refractivity contribution in [2.75, 3.05) is 18.5 Å². The van der Waals surface area contributed by atoms with Gasteiger partial charge in [-0.3, -0.25) is 14.4 Å². The van der Waals surface area contributed by atoms with Gasteiger partial charge in [0.05, 0.1) is 6.42 Å². The predicted octanol–water partition coefficient (Wildman–Crippen LogP) is 3.26. The number of ether oxygens (including phenoxy) is 1. The maximum Gasteiger partial charge on any atom is 0.308 e. The van der Waals surface area contributed by atoms with E-state index in [2.05, 4.69) is 10.6 Å². The number of carbonyl (C=O) groups is 3. The van der Waals surface area contributed by atoms with Crippen molar-refractivity contribution in [2.24, 2.45) is 0 Å². The normalized spacial score (nSPS) is 10.2. The van der Waals surface area contributed by atoms with Gasteiger partial charge in [-0.25, -0.2) is 0 Å². The Morgan fingerprint density at radius 3 is 2.48 bits per heavy atom. The number of nitrogens with one attached hydrogen (secondary N) is 2. The van der Waals surface area contributed by atoms with Crippen molar-refractivity contribution in [2.45, 2.75) is 20.3 Å². The molecule has 0 aromatic heterocycles. The molecule has 0 bridgehead atoms. The molecule has 6 nitrogen and oxygen atoms in total. The third kappa shape index (κ3) is 6.42. The molecule has 0 spiro atoms. The molecule has 0 aliphatic rings. The molecule has 0 fully saturated rings. The Hall–Kier alpha value is -2.86. The standard InChI is InChI=1S/C20H21ClN2O4/c1-13-5-3-4-6-16(13)20(26)22-10-9-19(25)27-12-18(24)23-15-8-7-14(2)17(21)11-15/h3-8,11H,9-10,12H2,1-2H3,(H,22,26)(H,23,24). The number of carbonyl (C=O) groups excluding carboxylic acids is 3. The molecule has 2 rings (SSSR count). The van der Waals surface area contributed by atoms with Crippen LogP contribution < -0.4 is 10.6 Å². The van der Waals surface area contributed by atoms with E-state index in [4.69, 9.17) is 16.3 Å². The molecule has 2 aromatic carbocycles. The van der Waals surface area contributed by atoms with Crippen molar-refractivity contribution in [3.8, 4) is 0 Å². The van der Waals surface area contributed by atoms with Gasteiger partial charge in [0, 0.05) is 22.8 Å². The Labute approximate surface area is 162 Å². The van der Waals surface area contributed by atoms with E-state index in [1.165, 1.54) is 0 Å². The summed E-state index contributed by atoms with van der Waals surface area (Å²) in [5.74, 6) is -1.29. The van der Waals surface area contributed by atoms with Gasteiger partial charge in [0.1, 0.15) is 0 Å². The summed E-state index contributed by atoms with van der Waals surface area (Å²) in [6.07, 6.45) is -0.0265. The zero-order valence-electron chi connectivity index (χ0n) is 15.2. The van der Waals surface area contributed by atoms with Crippen molar-refractivity contribution in [1.82, 2.24) is 5.32 Å². The lowest BCUT2D eigenvalue weighted by molar-refractivity contribution is -0.147. The zero-order chi connectivity index (χ0) is 19.8. The van der Waals surface area contributed by atoms with Gasteiger partial charge in [0.2, 0.25) is 0 Å². The van der Waals surface area contributed by atoms with E-state index in [1.807, 2.05) is 26.0 Å². The fourth-order valence-electron chi connectivity index (χ4n) is 2.29. The lowest BCUT2D eigenvalue weighted by Crippen LogP contribution is -2.28. The molecule has 7 heteroatoms. The first-order valence-corrected chi connectivity index (χ1v) is 8.80. The number of hydrogen-bond acceptors (Lipinski definition) is 4. The van der Waals surface area contributed by atoms with Gasteiger partial charge >= 0.3 is 5.97 Å². The van der Waals surface area contributed by atoms with Gasteiger partial charge in [-0.1, -0.05) is 35.9 Å². The van der Waals surface area contributed by atoms with Crippen LogP contribution in [0.25, 0.3) is 0 Å². The second-order valence-electron chi connectivity index (χ2n) is 5.99. The van der Waals surface area contributed by atoms with Gasteiger partial charge < -0.3 is 15.4 Å². The average molecular weight is 389 g/mol. The van der Waals surface area contributed by atoms with Crippen LogP contribution in [0.3, 0.4) is 0 Å². The van der Waals surface area contributed by atoms with E-state index in [1.54, 1.807) is 30.3 Å². The van der Waals surface area contributed by atoms with Crippen LogP contribution in [-0.4, -0.2) is 30.9 Å². The highest BCUT2D eigenvalue weighted by molar-refractivity contribution is 6.31. The molecular formula is C20H21ClN2O4. The van der Waals surface area contributed by atoms with E-state index in [9.17, 15) is 14.4 Å². The third-order valence-electron chi connectivity index (χ3n) is 3.82. The molecule has 0 unspecified atom stereocenters. The first-order chi connectivity index (χ1) is 12.9. The number of esters is 1. The molecule has 0 aliphatic carbocycles. The quantitative estimate of drug-likeness (QED) is 0.713. The molecule has 0 saturated heterocycles. The van der Waals surface area contributed by atoms with E-state index >= 15 is 0 Å². The highest BCUT2D eigenvalue weighted by Gasteiger charge is 2.11. The number of halogens is 1. The second kappa shape index (κ2) is 9.73. The Morgan fingerprint density at radius 2 is 1.78 bits per heavy atom. The molecule has 27 heavy (non-hydrogen) atoms. The van der Waals surface area contributed by atoms with Crippen LogP contribution in [0.2, 0.25) is 5.02 Å². The molecule has 0 heterocycles. The first kappa shape index (κ1) is 20.5. The van der Waals surface area contributed by atoms with Gasteiger partial charge in [0.15, 0.2) is 6.61 Å². The fourth-order valence-corrected chi connectivity index (χ4v) is 2.47. The van der Waals surface area contributed by atoms with E-state index in [0.717, 1.165) is 11.1 Å². The average Bonchev–Trinajstić information content (AvgIpc) is 2.63. The summed E-state index contributed by atoms with van der Waals surface area (Å²) in [4.78, 5) is 35.6. The molecule has 2 N–H and O–H groups in total. The Morgan fingerprint density at radius 1 is 1.04 bits per heavy atom. The monoisotopic (exact) mass is 388 g/mol. The van der Waals surface area contributed by atoms with Crippen LogP contribution in [0.15, 0.2) is 42.5 Å². The molecule has 2 amide bonds. The van der Waals surface area contributed by atoms with Crippen molar-refractivity contribution in [1.29, 1.82) is 0 Å². The lowest BCUT2D eigenvalue weighted by atomic mass is 10.1. The summed E-state index contributed by atoms with van der Waals surface area (Å²) in [5, 5.41) is 5.79. The Balaban J connectivity index is 1.69. The highest BCUT2D eigenvalue weighted by atomic mass is 35.5. The van der Waals surface area contributed by atoms with Crippen molar-refractivity contribution in [3.63, 3.8) is 0 Å². The zero-order valence-corrected chi connectivity index (χ0v) is 15.9. The predicted molar refractivity (Wildman–Crippen MR) is 104 cm³/mol. The number of anilines is 1. The highest BCUT2D eigenvalue weighted by Crippen LogP contribution is 2.19. The maximum absolute atomic E-state index is 12.0. The number of hydrogen-bond donors (Lipinski definition) is 2. The topological polar surface area (TPSA) is 84.5 Å². The lowest BCUT2D eigenvalue weighted by Gasteiger charge is -2.09. The van der Waals surface area contributed by atoms with Crippen molar-refractivity contribution < 1.29 is 19.1 Å². The van der Waals surface area contributed by atoms with Crippen molar-refractivity contribution >= 4 is 35.1 Å². The maximum atomic E-state index is 12.0. The van der Waals surface area contributed by atoms with Crippen LogP contribution in [0, 0.1) is 13.8 Å². The number of amides is 2. The first-order valence-electron chi connectivity index (χ1n) is 8.42. The smallest absolute Gasteiger partial charge is 0.308 e. The second-order valence-corrected chi connectivity index (χ2v) is 6.40. The van der Waals surface area contributed by atoms with Crippen LogP contribution in [0.4, 0.5) is 5.69 Å². The van der Waals surface area contributed by atoms with Crippen LogP contribution in [-0.2, 0) is 14.3 Å². The summed E-state index contributed by atoms with van der Waals surface area (Å²) < 4.78 is 4.91. The van der Waals surface area contributed by atoms with Gasteiger partial charge in [-0.2, -0.15) is 0 Å². The summed E-state index contributed by atoms with van der Waals surface area (Å²) in [6, 6.07) is 12.3. The van der Waals surface area contributed by atoms with Crippen LogP contribution in [0.1, 0.15) is 27.9 Å². The van der Waals surface area contributed by atoms with Gasteiger partial charge in [-0.05, 0) is 43.2 Å². The Kier molecular flexibility index (Phi) is 7.37. The Bertz CT molecular complexity index is 852. The molecule has 0 radical (unpaired) electrons. The van der Waals surface area contributed by atoms with Crippen LogP contribution >= 0.6 is 11.6 Å². The third-order valence-corrected chi connectivity index (χ3v) is 4.23. The minimum absolute atomic E-state index is 0.0265. The largest absolute Gasteiger partial charge is 0.456 e. The number of aryl methyl sites for hydroxylation is 2. The van der Waals surface area contributed by atoms with E-state index < -0.39 is 18.5 Å². The summed E-state index contributed by atoms with van der Waals surface area (Å²) >= 11 is 5.99. The summed E-state index contributed by atoms with van der Waals surface area (Å²) in [6.45, 7) is 3.41. The number of benzene rings is 2. The van der Waals surface area contributed by atoms with E-state index in [-0.39, 0.29) is 18.9 Å². The molecule has 0 atom stereocenters. The van der Waals surface area contributed by atoms with E-state index in [0.29, 0.717) is 16.3 Å². The van der Waals surface area contributed by atoms with Crippen molar-refractivity contribution in [3.05, 3.63) is 64.2 Å². The summed E-state index contributed by atoms with van der Waals surface area (Å²) in [7, 11) is 0. The number of rotatable bonds is 7. The SMILES string of the molecule is Cc1ccc(NC(=O)COC(=O)CCNC(=O)c2ccccc2C)cc1Cl. The molecule has 2 aromatic rings. The minimum atomic E-state index is -0.572.